The summed E-state index contributed by atoms with van der Waals surface area (Å²) in [6, 6.07) is 13.4. The molecular formula is C19H11ClN2O5S. The molecule has 1 aromatic heterocycles. The first-order valence-corrected chi connectivity index (χ1v) is 9.30. The predicted octanol–water partition coefficient (Wildman–Crippen LogP) is 3.04. The van der Waals surface area contributed by atoms with Crippen LogP contribution in [0.2, 0.25) is 5.02 Å². The van der Waals surface area contributed by atoms with Gasteiger partial charge in [-0.15, -0.1) is 11.3 Å². The highest BCUT2D eigenvalue weighted by Gasteiger charge is 2.38. The van der Waals surface area contributed by atoms with Crippen molar-refractivity contribution in [3.05, 3.63) is 69.6 Å². The van der Waals surface area contributed by atoms with Gasteiger partial charge in [0.2, 0.25) is 0 Å². The lowest BCUT2D eigenvalue weighted by atomic mass is 10.1. The number of hydroxylamine groups is 2. The molecule has 2 heterocycles. The van der Waals surface area contributed by atoms with E-state index in [1.807, 2.05) is 18.2 Å². The van der Waals surface area contributed by atoms with E-state index in [1.165, 1.54) is 23.5 Å². The molecule has 28 heavy (non-hydrogen) atoms. The minimum Gasteiger partial charge on any atom is -0.340 e. The Bertz CT molecular complexity index is 1120. The van der Waals surface area contributed by atoms with Crippen molar-refractivity contribution in [2.45, 2.75) is 0 Å². The first-order valence-electron chi connectivity index (χ1n) is 8.11. The van der Waals surface area contributed by atoms with Gasteiger partial charge in [0.05, 0.1) is 16.1 Å². The first kappa shape index (κ1) is 18.1. The lowest BCUT2D eigenvalue weighted by Gasteiger charge is -2.12. The lowest BCUT2D eigenvalue weighted by molar-refractivity contribution is -0.167. The Morgan fingerprint density at radius 1 is 1.00 bits per heavy atom. The Balaban J connectivity index is 1.41. The number of imide groups is 1. The minimum atomic E-state index is -0.958. The molecule has 140 valence electrons. The molecule has 0 spiro atoms. The summed E-state index contributed by atoms with van der Waals surface area (Å²) in [5.74, 6) is -2.97. The molecule has 4 rings (SSSR count). The van der Waals surface area contributed by atoms with Crippen molar-refractivity contribution in [3.8, 4) is 0 Å². The number of hydrogen-bond donors (Lipinski definition) is 1. The number of carbonyl (C=O) groups is 4. The minimum absolute atomic E-state index is 0.154. The maximum absolute atomic E-state index is 12.3. The summed E-state index contributed by atoms with van der Waals surface area (Å²) in [4.78, 5) is 53.8. The summed E-state index contributed by atoms with van der Waals surface area (Å²) in [5.41, 5.74) is 0.308. The summed E-state index contributed by atoms with van der Waals surface area (Å²) in [5, 5.41) is 3.82. The molecule has 0 aliphatic carbocycles. The summed E-state index contributed by atoms with van der Waals surface area (Å²) in [6.07, 6.45) is 0. The second kappa shape index (κ2) is 7.06. The van der Waals surface area contributed by atoms with Crippen LogP contribution >= 0.6 is 22.9 Å². The number of nitrogens with zero attached hydrogens (tertiary/aromatic N) is 1. The number of nitrogens with one attached hydrogen (secondary N) is 1. The van der Waals surface area contributed by atoms with Gasteiger partial charge in [-0.25, -0.2) is 4.79 Å². The van der Waals surface area contributed by atoms with Crippen molar-refractivity contribution in [1.29, 1.82) is 0 Å². The molecule has 0 fully saturated rings. The lowest BCUT2D eigenvalue weighted by Crippen LogP contribution is -2.37. The van der Waals surface area contributed by atoms with Crippen LogP contribution in [0.15, 0.2) is 48.5 Å². The van der Waals surface area contributed by atoms with Gasteiger partial charge in [-0.3, -0.25) is 14.4 Å². The third-order valence-corrected chi connectivity index (χ3v) is 5.76. The molecule has 1 aliphatic heterocycles. The molecule has 0 radical (unpaired) electrons. The van der Waals surface area contributed by atoms with E-state index in [4.69, 9.17) is 16.4 Å². The summed E-state index contributed by atoms with van der Waals surface area (Å²) >= 11 is 7.42. The van der Waals surface area contributed by atoms with Crippen LogP contribution in [0.25, 0.3) is 10.1 Å². The van der Waals surface area contributed by atoms with E-state index in [0.29, 0.717) is 10.1 Å². The van der Waals surface area contributed by atoms with Crippen LogP contribution < -0.4 is 5.32 Å². The van der Waals surface area contributed by atoms with Gasteiger partial charge in [-0.1, -0.05) is 47.0 Å². The van der Waals surface area contributed by atoms with Crippen LogP contribution in [0.1, 0.15) is 30.4 Å². The molecule has 9 heteroatoms. The van der Waals surface area contributed by atoms with Gasteiger partial charge >= 0.3 is 5.97 Å². The van der Waals surface area contributed by atoms with Gasteiger partial charge in [0.1, 0.15) is 11.4 Å². The van der Waals surface area contributed by atoms with Crippen molar-refractivity contribution in [2.75, 3.05) is 6.54 Å². The number of hydrogen-bond acceptors (Lipinski definition) is 6. The highest BCUT2D eigenvalue weighted by atomic mass is 35.5. The van der Waals surface area contributed by atoms with E-state index >= 15 is 0 Å². The second-order valence-electron chi connectivity index (χ2n) is 5.84. The van der Waals surface area contributed by atoms with E-state index < -0.39 is 30.2 Å². The fourth-order valence-corrected chi connectivity index (χ4v) is 4.21. The van der Waals surface area contributed by atoms with Crippen molar-refractivity contribution < 1.29 is 24.0 Å². The molecule has 0 bridgehead atoms. The van der Waals surface area contributed by atoms with E-state index in [-0.39, 0.29) is 16.0 Å². The number of halogens is 1. The van der Waals surface area contributed by atoms with Crippen LogP contribution in [-0.2, 0) is 9.63 Å². The highest BCUT2D eigenvalue weighted by molar-refractivity contribution is 7.21. The standard InChI is InChI=1S/C19H11ClN2O5S/c20-15-12-7-3-4-8-13(12)28-16(15)17(24)21-9-14(23)27-22-18(25)10-5-1-2-6-11(10)19(22)26/h1-8H,9H2,(H,21,24). The first-order chi connectivity index (χ1) is 13.5. The topological polar surface area (TPSA) is 92.8 Å². The zero-order valence-electron chi connectivity index (χ0n) is 14.1. The summed E-state index contributed by atoms with van der Waals surface area (Å²) in [6.45, 7) is -0.531. The predicted molar refractivity (Wildman–Crippen MR) is 102 cm³/mol. The molecule has 0 saturated heterocycles. The highest BCUT2D eigenvalue weighted by Crippen LogP contribution is 2.34. The summed E-state index contributed by atoms with van der Waals surface area (Å²) < 4.78 is 0.839. The number of thiophene rings is 1. The number of benzene rings is 2. The van der Waals surface area contributed by atoms with Gasteiger partial charge in [-0.05, 0) is 18.2 Å². The SMILES string of the molecule is O=C(CNC(=O)c1sc2ccccc2c1Cl)ON1C(=O)c2ccccc2C1=O. The zero-order valence-corrected chi connectivity index (χ0v) is 15.7. The molecule has 3 aromatic rings. The van der Waals surface area contributed by atoms with E-state index in [2.05, 4.69) is 5.32 Å². The average Bonchev–Trinajstić information content (AvgIpc) is 3.17. The average molecular weight is 415 g/mol. The smallest absolute Gasteiger partial charge is 0.340 e. The molecule has 1 N–H and O–H groups in total. The summed E-state index contributed by atoms with van der Waals surface area (Å²) in [7, 11) is 0. The van der Waals surface area contributed by atoms with Crippen molar-refractivity contribution in [2.24, 2.45) is 0 Å². The molecule has 0 saturated carbocycles. The third kappa shape index (κ3) is 3.02. The zero-order chi connectivity index (χ0) is 19.8. The van der Waals surface area contributed by atoms with Crippen molar-refractivity contribution >= 4 is 56.7 Å². The van der Waals surface area contributed by atoms with Crippen LogP contribution in [-0.4, -0.2) is 35.3 Å². The van der Waals surface area contributed by atoms with Crippen LogP contribution in [0.5, 0.6) is 0 Å². The van der Waals surface area contributed by atoms with Gasteiger partial charge in [0.25, 0.3) is 17.7 Å². The number of rotatable bonds is 4. The molecule has 7 nitrogen and oxygen atoms in total. The monoisotopic (exact) mass is 414 g/mol. The maximum Gasteiger partial charge on any atom is 0.352 e. The normalized spacial score (nSPS) is 13.0. The Morgan fingerprint density at radius 3 is 2.25 bits per heavy atom. The molecule has 1 aliphatic rings. The number of amides is 3. The number of carbonyl (C=O) groups excluding carboxylic acids is 4. The van der Waals surface area contributed by atoms with Gasteiger partial charge in [-0.2, -0.15) is 0 Å². The fraction of sp³-hybridized carbons (Fsp3) is 0.0526. The van der Waals surface area contributed by atoms with Crippen LogP contribution in [0, 0.1) is 0 Å². The third-order valence-electron chi connectivity index (χ3n) is 4.08. The maximum atomic E-state index is 12.3. The Morgan fingerprint density at radius 2 is 1.61 bits per heavy atom. The molecule has 0 unspecified atom stereocenters. The molecular weight excluding hydrogens is 404 g/mol. The largest absolute Gasteiger partial charge is 0.352 e. The molecule has 0 atom stereocenters. The van der Waals surface area contributed by atoms with Crippen LogP contribution in [0.4, 0.5) is 0 Å². The van der Waals surface area contributed by atoms with E-state index in [1.54, 1.807) is 18.2 Å². The Kier molecular flexibility index (Phi) is 4.58. The van der Waals surface area contributed by atoms with E-state index in [0.717, 1.165) is 10.1 Å². The van der Waals surface area contributed by atoms with Crippen molar-refractivity contribution in [1.82, 2.24) is 10.4 Å². The molecule has 3 amide bonds. The van der Waals surface area contributed by atoms with Crippen molar-refractivity contribution in [3.63, 3.8) is 0 Å². The van der Waals surface area contributed by atoms with Gasteiger partial charge in [0.15, 0.2) is 0 Å². The van der Waals surface area contributed by atoms with E-state index in [9.17, 15) is 19.2 Å². The quantitative estimate of drug-likeness (QED) is 0.662. The Labute approximate surface area is 167 Å². The Hall–Kier alpha value is -3.23. The van der Waals surface area contributed by atoms with Gasteiger partial charge in [0, 0.05) is 10.1 Å². The van der Waals surface area contributed by atoms with Crippen LogP contribution in [0.3, 0.4) is 0 Å². The fourth-order valence-electron chi connectivity index (χ4n) is 2.78. The molecule has 2 aromatic carbocycles. The number of fused-ring (bicyclic) bond motifs is 2. The van der Waals surface area contributed by atoms with Gasteiger partial charge < -0.3 is 10.2 Å². The second-order valence-corrected chi connectivity index (χ2v) is 7.27.